The molecule has 0 saturated heterocycles. The summed E-state index contributed by atoms with van der Waals surface area (Å²) in [6, 6.07) is 4.72. The molecule has 0 atom stereocenters. The molecular weight excluding hydrogens is 301 g/mol. The first-order chi connectivity index (χ1) is 8.22. The Hall–Kier alpha value is -0.820. The Kier molecular flexibility index (Phi) is 4.98. The van der Waals surface area contributed by atoms with Crippen LogP contribution in [-0.4, -0.2) is 36.6 Å². The van der Waals surface area contributed by atoms with E-state index in [0.717, 1.165) is 4.31 Å². The van der Waals surface area contributed by atoms with E-state index < -0.39 is 21.7 Å². The van der Waals surface area contributed by atoms with Gasteiger partial charge in [0.15, 0.2) is 5.75 Å². The van der Waals surface area contributed by atoms with Gasteiger partial charge < -0.3 is 5.11 Å². The van der Waals surface area contributed by atoms with Crippen molar-refractivity contribution in [1.82, 2.24) is 4.31 Å². The minimum atomic E-state index is -3.82. The van der Waals surface area contributed by atoms with Crippen LogP contribution in [0.5, 0.6) is 0 Å². The molecule has 0 saturated carbocycles. The number of hydrogen-bond acceptors (Lipinski definition) is 3. The molecule has 0 unspecified atom stereocenters. The first kappa shape index (κ1) is 15.2. The monoisotopic (exact) mass is 311 g/mol. The molecule has 1 aromatic rings. The molecule has 0 aromatic heterocycles. The summed E-state index contributed by atoms with van der Waals surface area (Å²) in [7, 11) is -2.52. The minimum absolute atomic E-state index is 0.0342. The van der Waals surface area contributed by atoms with Gasteiger partial charge in [0.1, 0.15) is 0 Å². The lowest BCUT2D eigenvalue weighted by Gasteiger charge is -2.16. The van der Waals surface area contributed by atoms with E-state index in [1.165, 1.54) is 13.1 Å². The van der Waals surface area contributed by atoms with Gasteiger partial charge in [0.05, 0.1) is 10.0 Å². The quantitative estimate of drug-likeness (QED) is 0.900. The summed E-state index contributed by atoms with van der Waals surface area (Å²) in [5.74, 6) is -2.33. The zero-order chi connectivity index (χ0) is 13.9. The van der Waals surface area contributed by atoms with Crippen LogP contribution in [-0.2, 0) is 21.4 Å². The fraction of sp³-hybridized carbons (Fsp3) is 0.300. The third-order valence-corrected chi connectivity index (χ3v) is 4.60. The van der Waals surface area contributed by atoms with Crippen LogP contribution in [0.4, 0.5) is 0 Å². The Labute approximate surface area is 115 Å². The summed E-state index contributed by atoms with van der Waals surface area (Å²) in [4.78, 5) is 10.4. The van der Waals surface area contributed by atoms with E-state index in [-0.39, 0.29) is 6.54 Å². The highest BCUT2D eigenvalue weighted by Crippen LogP contribution is 2.23. The van der Waals surface area contributed by atoms with Crippen LogP contribution < -0.4 is 0 Å². The second kappa shape index (κ2) is 5.88. The molecule has 0 spiro atoms. The van der Waals surface area contributed by atoms with Gasteiger partial charge in [0, 0.05) is 13.6 Å². The van der Waals surface area contributed by atoms with Crippen molar-refractivity contribution in [3.8, 4) is 0 Å². The Morgan fingerprint density at radius 2 is 1.94 bits per heavy atom. The van der Waals surface area contributed by atoms with Crippen molar-refractivity contribution in [1.29, 1.82) is 0 Å². The highest BCUT2D eigenvalue weighted by atomic mass is 35.5. The van der Waals surface area contributed by atoms with E-state index in [2.05, 4.69) is 0 Å². The van der Waals surface area contributed by atoms with E-state index in [1.807, 2.05) is 0 Å². The van der Waals surface area contributed by atoms with Gasteiger partial charge in [-0.2, -0.15) is 0 Å². The second-order valence-electron chi connectivity index (χ2n) is 3.65. The highest BCUT2D eigenvalue weighted by Gasteiger charge is 2.21. The molecule has 0 heterocycles. The van der Waals surface area contributed by atoms with Gasteiger partial charge in [-0.25, -0.2) is 12.7 Å². The number of aliphatic carboxylic acids is 1. The van der Waals surface area contributed by atoms with Crippen molar-refractivity contribution in [3.63, 3.8) is 0 Å². The predicted molar refractivity (Wildman–Crippen MR) is 69.4 cm³/mol. The van der Waals surface area contributed by atoms with Crippen molar-refractivity contribution in [2.24, 2.45) is 0 Å². The number of carbonyl (C=O) groups is 1. The molecule has 0 aliphatic heterocycles. The predicted octanol–water partition coefficient (Wildman–Crippen LogP) is 1.84. The summed E-state index contributed by atoms with van der Waals surface area (Å²) in [6.07, 6.45) is 0. The molecule has 18 heavy (non-hydrogen) atoms. The molecule has 1 N–H and O–H groups in total. The SMILES string of the molecule is CN(Cc1ccc(Cl)c(Cl)c1)S(=O)(=O)CC(=O)O. The third kappa shape index (κ3) is 4.13. The van der Waals surface area contributed by atoms with Gasteiger partial charge in [-0.1, -0.05) is 29.3 Å². The van der Waals surface area contributed by atoms with E-state index in [4.69, 9.17) is 28.3 Å². The molecule has 1 rings (SSSR count). The van der Waals surface area contributed by atoms with Crippen molar-refractivity contribution >= 4 is 39.2 Å². The van der Waals surface area contributed by atoms with Crippen molar-refractivity contribution in [3.05, 3.63) is 33.8 Å². The number of carboxylic acids is 1. The minimum Gasteiger partial charge on any atom is -0.480 e. The average Bonchev–Trinajstić information content (AvgIpc) is 2.21. The number of halogens is 2. The molecule has 0 fully saturated rings. The number of rotatable bonds is 5. The van der Waals surface area contributed by atoms with Gasteiger partial charge in [-0.3, -0.25) is 4.79 Å². The van der Waals surface area contributed by atoms with Crippen LogP contribution in [0.2, 0.25) is 10.0 Å². The lowest BCUT2D eigenvalue weighted by Crippen LogP contribution is -2.31. The van der Waals surface area contributed by atoms with Crippen LogP contribution in [0.25, 0.3) is 0 Å². The number of benzene rings is 1. The van der Waals surface area contributed by atoms with Crippen LogP contribution in [0.3, 0.4) is 0 Å². The summed E-state index contributed by atoms with van der Waals surface area (Å²) >= 11 is 11.5. The summed E-state index contributed by atoms with van der Waals surface area (Å²) in [5, 5.41) is 9.19. The zero-order valence-corrected chi connectivity index (χ0v) is 11.8. The highest BCUT2D eigenvalue weighted by molar-refractivity contribution is 7.89. The lowest BCUT2D eigenvalue weighted by molar-refractivity contribution is -0.134. The maximum atomic E-state index is 11.6. The van der Waals surface area contributed by atoms with Gasteiger partial charge >= 0.3 is 5.97 Å². The Morgan fingerprint density at radius 3 is 2.44 bits per heavy atom. The second-order valence-corrected chi connectivity index (χ2v) is 6.54. The molecule has 0 radical (unpaired) electrons. The van der Waals surface area contributed by atoms with Gasteiger partial charge in [0.2, 0.25) is 10.0 Å². The topological polar surface area (TPSA) is 74.7 Å². The Balaban J connectivity index is 2.84. The van der Waals surface area contributed by atoms with E-state index >= 15 is 0 Å². The Morgan fingerprint density at radius 1 is 1.33 bits per heavy atom. The van der Waals surface area contributed by atoms with Gasteiger partial charge in [0.25, 0.3) is 0 Å². The maximum Gasteiger partial charge on any atom is 0.320 e. The van der Waals surface area contributed by atoms with Crippen LogP contribution in [0, 0.1) is 0 Å². The molecule has 0 aliphatic rings. The number of nitrogens with zero attached hydrogens (tertiary/aromatic N) is 1. The number of hydrogen-bond donors (Lipinski definition) is 1. The van der Waals surface area contributed by atoms with Gasteiger partial charge in [-0.15, -0.1) is 0 Å². The molecule has 8 heteroatoms. The maximum absolute atomic E-state index is 11.6. The van der Waals surface area contributed by atoms with Crippen LogP contribution >= 0.6 is 23.2 Å². The smallest absolute Gasteiger partial charge is 0.320 e. The largest absolute Gasteiger partial charge is 0.480 e. The standard InChI is InChI=1S/C10H11Cl2NO4S/c1-13(18(16,17)6-10(14)15)5-7-2-3-8(11)9(12)4-7/h2-4H,5-6H2,1H3,(H,14,15). The third-order valence-electron chi connectivity index (χ3n) is 2.17. The molecule has 1 aromatic carbocycles. The molecule has 0 amide bonds. The van der Waals surface area contributed by atoms with Crippen molar-refractivity contribution < 1.29 is 18.3 Å². The summed E-state index contributed by atoms with van der Waals surface area (Å²) < 4.78 is 24.1. The molecule has 0 bridgehead atoms. The average molecular weight is 312 g/mol. The molecule has 0 aliphatic carbocycles. The van der Waals surface area contributed by atoms with Crippen molar-refractivity contribution in [2.45, 2.75) is 6.54 Å². The lowest BCUT2D eigenvalue weighted by atomic mass is 10.2. The zero-order valence-electron chi connectivity index (χ0n) is 9.43. The molecular formula is C10H11Cl2NO4S. The summed E-state index contributed by atoms with van der Waals surface area (Å²) in [5.41, 5.74) is 0.626. The van der Waals surface area contributed by atoms with E-state index in [1.54, 1.807) is 12.1 Å². The number of sulfonamides is 1. The normalized spacial score (nSPS) is 11.8. The number of carboxylic acid groups (broad SMARTS) is 1. The Bertz CT molecular complexity index is 559. The summed E-state index contributed by atoms with van der Waals surface area (Å²) in [6.45, 7) is 0.0342. The fourth-order valence-electron chi connectivity index (χ4n) is 1.26. The van der Waals surface area contributed by atoms with Crippen LogP contribution in [0.1, 0.15) is 5.56 Å². The first-order valence-electron chi connectivity index (χ1n) is 4.82. The molecule has 100 valence electrons. The fourth-order valence-corrected chi connectivity index (χ4v) is 2.46. The van der Waals surface area contributed by atoms with Gasteiger partial charge in [-0.05, 0) is 17.7 Å². The van der Waals surface area contributed by atoms with E-state index in [9.17, 15) is 13.2 Å². The van der Waals surface area contributed by atoms with E-state index in [0.29, 0.717) is 15.6 Å². The van der Waals surface area contributed by atoms with Crippen molar-refractivity contribution in [2.75, 3.05) is 12.8 Å². The van der Waals surface area contributed by atoms with Crippen LogP contribution in [0.15, 0.2) is 18.2 Å². The first-order valence-corrected chi connectivity index (χ1v) is 7.18. The molecule has 5 nitrogen and oxygen atoms in total.